The topological polar surface area (TPSA) is 41.1 Å². The van der Waals surface area contributed by atoms with Gasteiger partial charge >= 0.3 is 0 Å². The van der Waals surface area contributed by atoms with Gasteiger partial charge in [0.2, 0.25) is 5.91 Å². The molecule has 0 aromatic rings. The molecule has 2 N–H and O–H groups in total. The summed E-state index contributed by atoms with van der Waals surface area (Å²) in [5.74, 6) is 1.20. The fraction of sp³-hybridized carbons (Fsp3) is 0.923. The van der Waals surface area contributed by atoms with Crippen molar-refractivity contribution in [2.24, 2.45) is 17.3 Å². The van der Waals surface area contributed by atoms with E-state index in [1.807, 2.05) is 0 Å². The lowest BCUT2D eigenvalue weighted by atomic mass is 9.81. The van der Waals surface area contributed by atoms with Crippen LogP contribution in [0.4, 0.5) is 0 Å². The maximum atomic E-state index is 12.0. The van der Waals surface area contributed by atoms with Crippen molar-refractivity contribution in [2.45, 2.75) is 47.1 Å². The molecular weight excluding hydrogens is 200 g/mol. The molecule has 1 heterocycles. The van der Waals surface area contributed by atoms with E-state index in [0.717, 1.165) is 19.5 Å². The normalized spacial score (nSPS) is 26.1. The van der Waals surface area contributed by atoms with Crippen LogP contribution < -0.4 is 10.6 Å². The Labute approximate surface area is 99.4 Å². The minimum absolute atomic E-state index is 0.0166. The van der Waals surface area contributed by atoms with Crippen LogP contribution in [0.25, 0.3) is 0 Å². The lowest BCUT2D eigenvalue weighted by Gasteiger charge is -2.30. The van der Waals surface area contributed by atoms with E-state index in [9.17, 15) is 4.79 Å². The lowest BCUT2D eigenvalue weighted by molar-refractivity contribution is -0.124. The molecule has 1 aliphatic heterocycles. The first-order valence-electron chi connectivity index (χ1n) is 6.35. The van der Waals surface area contributed by atoms with Crippen LogP contribution in [0.1, 0.15) is 41.0 Å². The van der Waals surface area contributed by atoms with Crippen molar-refractivity contribution in [3.8, 4) is 0 Å². The molecule has 3 heteroatoms. The molecule has 0 aliphatic carbocycles. The van der Waals surface area contributed by atoms with Crippen molar-refractivity contribution in [2.75, 3.05) is 13.1 Å². The van der Waals surface area contributed by atoms with E-state index in [1.165, 1.54) is 0 Å². The molecule has 2 unspecified atom stereocenters. The van der Waals surface area contributed by atoms with E-state index < -0.39 is 0 Å². The second-order valence-electron chi connectivity index (χ2n) is 6.06. The van der Waals surface area contributed by atoms with Crippen LogP contribution in [0.15, 0.2) is 0 Å². The van der Waals surface area contributed by atoms with Gasteiger partial charge in [0.05, 0.1) is 6.04 Å². The Balaban J connectivity index is 2.41. The number of hydrogen-bond acceptors (Lipinski definition) is 2. The number of carbonyl (C=O) groups excluding carboxylic acids is 1. The summed E-state index contributed by atoms with van der Waals surface area (Å²) in [6.07, 6.45) is 1.10. The molecule has 1 aliphatic rings. The van der Waals surface area contributed by atoms with E-state index in [1.54, 1.807) is 0 Å². The Kier molecular flexibility index (Phi) is 4.36. The molecule has 1 saturated heterocycles. The van der Waals surface area contributed by atoms with Gasteiger partial charge in [-0.05, 0) is 30.2 Å². The number of carbonyl (C=O) groups is 1. The summed E-state index contributed by atoms with van der Waals surface area (Å²) in [6, 6.07) is 0.0166. The SMILES string of the molecule is CC1CCNC1C(=O)NCC(C)(C)C(C)C. The van der Waals surface area contributed by atoms with Gasteiger partial charge in [0.1, 0.15) is 0 Å². The van der Waals surface area contributed by atoms with Gasteiger partial charge in [0.15, 0.2) is 0 Å². The van der Waals surface area contributed by atoms with Crippen molar-refractivity contribution < 1.29 is 4.79 Å². The van der Waals surface area contributed by atoms with Crippen LogP contribution in [0, 0.1) is 17.3 Å². The molecule has 1 fully saturated rings. The maximum absolute atomic E-state index is 12.0. The minimum atomic E-state index is 0.0166. The Bertz CT molecular complexity index is 248. The first-order chi connectivity index (χ1) is 7.34. The van der Waals surface area contributed by atoms with Crippen molar-refractivity contribution in [3.05, 3.63) is 0 Å². The average Bonchev–Trinajstić information content (AvgIpc) is 2.61. The van der Waals surface area contributed by atoms with Crippen molar-refractivity contribution in [1.29, 1.82) is 0 Å². The number of nitrogens with one attached hydrogen (secondary N) is 2. The summed E-state index contributed by atoms with van der Waals surface area (Å²) < 4.78 is 0. The van der Waals surface area contributed by atoms with Crippen molar-refractivity contribution in [3.63, 3.8) is 0 Å². The Morgan fingerprint density at radius 3 is 2.56 bits per heavy atom. The highest BCUT2D eigenvalue weighted by atomic mass is 16.2. The zero-order valence-corrected chi connectivity index (χ0v) is 11.3. The molecule has 3 nitrogen and oxygen atoms in total. The van der Waals surface area contributed by atoms with Gasteiger partial charge in [-0.15, -0.1) is 0 Å². The minimum Gasteiger partial charge on any atom is -0.354 e. The van der Waals surface area contributed by atoms with E-state index in [2.05, 4.69) is 45.3 Å². The third-order valence-corrected chi connectivity index (χ3v) is 4.10. The quantitative estimate of drug-likeness (QED) is 0.767. The monoisotopic (exact) mass is 226 g/mol. The molecule has 2 atom stereocenters. The molecule has 1 rings (SSSR count). The summed E-state index contributed by atoms with van der Waals surface area (Å²) in [6.45, 7) is 12.6. The zero-order chi connectivity index (χ0) is 12.3. The van der Waals surface area contributed by atoms with Crippen LogP contribution in [-0.2, 0) is 4.79 Å². The van der Waals surface area contributed by atoms with Crippen molar-refractivity contribution in [1.82, 2.24) is 10.6 Å². The first-order valence-corrected chi connectivity index (χ1v) is 6.35. The fourth-order valence-electron chi connectivity index (χ4n) is 1.81. The number of hydrogen-bond donors (Lipinski definition) is 2. The predicted molar refractivity (Wildman–Crippen MR) is 67.2 cm³/mol. The first kappa shape index (κ1) is 13.5. The lowest BCUT2D eigenvalue weighted by Crippen LogP contribution is -2.46. The second kappa shape index (κ2) is 5.17. The predicted octanol–water partition coefficient (Wildman–Crippen LogP) is 1.78. The molecule has 1 amide bonds. The molecule has 0 saturated carbocycles. The number of amides is 1. The van der Waals surface area contributed by atoms with Crippen LogP contribution >= 0.6 is 0 Å². The molecular formula is C13H26N2O. The molecule has 0 aromatic heterocycles. The number of rotatable bonds is 4. The Morgan fingerprint density at radius 2 is 2.12 bits per heavy atom. The van der Waals surface area contributed by atoms with E-state index in [4.69, 9.17) is 0 Å². The maximum Gasteiger partial charge on any atom is 0.237 e. The van der Waals surface area contributed by atoms with E-state index in [0.29, 0.717) is 11.8 Å². The summed E-state index contributed by atoms with van der Waals surface area (Å²) in [4.78, 5) is 12.0. The standard InChI is InChI=1S/C13H26N2O/c1-9(2)13(4,5)8-15-12(16)11-10(3)6-7-14-11/h9-11,14H,6-8H2,1-5H3,(H,15,16). The Morgan fingerprint density at radius 1 is 1.50 bits per heavy atom. The van der Waals surface area contributed by atoms with Crippen LogP contribution in [0.5, 0.6) is 0 Å². The highest BCUT2D eigenvalue weighted by molar-refractivity contribution is 5.82. The largest absolute Gasteiger partial charge is 0.354 e. The Hall–Kier alpha value is -0.570. The summed E-state index contributed by atoms with van der Waals surface area (Å²) in [7, 11) is 0. The van der Waals surface area contributed by atoms with Gasteiger partial charge in [0, 0.05) is 6.54 Å². The highest BCUT2D eigenvalue weighted by Crippen LogP contribution is 2.25. The molecule has 0 bridgehead atoms. The van der Waals surface area contributed by atoms with Crippen LogP contribution in [0.2, 0.25) is 0 Å². The summed E-state index contributed by atoms with van der Waals surface area (Å²) in [5, 5.41) is 6.33. The van der Waals surface area contributed by atoms with E-state index in [-0.39, 0.29) is 17.4 Å². The van der Waals surface area contributed by atoms with Crippen LogP contribution in [-0.4, -0.2) is 25.0 Å². The third kappa shape index (κ3) is 3.21. The summed E-state index contributed by atoms with van der Waals surface area (Å²) >= 11 is 0. The second-order valence-corrected chi connectivity index (χ2v) is 6.06. The summed E-state index contributed by atoms with van der Waals surface area (Å²) in [5.41, 5.74) is 0.164. The molecule has 94 valence electrons. The highest BCUT2D eigenvalue weighted by Gasteiger charge is 2.30. The average molecular weight is 226 g/mol. The smallest absolute Gasteiger partial charge is 0.237 e. The van der Waals surface area contributed by atoms with Gasteiger partial charge in [-0.2, -0.15) is 0 Å². The van der Waals surface area contributed by atoms with Crippen molar-refractivity contribution >= 4 is 5.91 Å². The van der Waals surface area contributed by atoms with Gasteiger partial charge in [-0.25, -0.2) is 0 Å². The van der Waals surface area contributed by atoms with Gasteiger partial charge in [-0.1, -0.05) is 34.6 Å². The van der Waals surface area contributed by atoms with Gasteiger partial charge in [0.25, 0.3) is 0 Å². The molecule has 0 spiro atoms. The molecule has 16 heavy (non-hydrogen) atoms. The van der Waals surface area contributed by atoms with E-state index >= 15 is 0 Å². The third-order valence-electron chi connectivity index (χ3n) is 4.10. The van der Waals surface area contributed by atoms with Crippen LogP contribution in [0.3, 0.4) is 0 Å². The van der Waals surface area contributed by atoms with Gasteiger partial charge in [-0.3, -0.25) is 4.79 Å². The fourth-order valence-corrected chi connectivity index (χ4v) is 1.81. The molecule has 0 aromatic carbocycles. The zero-order valence-electron chi connectivity index (χ0n) is 11.3. The van der Waals surface area contributed by atoms with Gasteiger partial charge < -0.3 is 10.6 Å². The molecule has 0 radical (unpaired) electrons.